The van der Waals surface area contributed by atoms with Gasteiger partial charge in [0.1, 0.15) is 12.0 Å². The van der Waals surface area contributed by atoms with Gasteiger partial charge in [-0.1, -0.05) is 35.9 Å². The van der Waals surface area contributed by atoms with Crippen LogP contribution in [-0.2, 0) is 15.6 Å². The lowest BCUT2D eigenvalue weighted by atomic mass is 10.2. The van der Waals surface area contributed by atoms with Gasteiger partial charge in [0.2, 0.25) is 5.89 Å². The number of hydrogen-bond acceptors (Lipinski definition) is 4. The van der Waals surface area contributed by atoms with Crippen molar-refractivity contribution in [3.63, 3.8) is 0 Å². The summed E-state index contributed by atoms with van der Waals surface area (Å²) in [5, 5.41) is 0.564. The highest BCUT2D eigenvalue weighted by Crippen LogP contribution is 2.23. The minimum absolute atomic E-state index is 0.207. The molecule has 0 fully saturated rings. The Hall–Kier alpha value is -2.11. The Kier molecular flexibility index (Phi) is 4.00. The molecule has 3 rings (SSSR count). The van der Waals surface area contributed by atoms with Crippen LogP contribution in [0.3, 0.4) is 0 Å². The van der Waals surface area contributed by atoms with Crippen LogP contribution < -0.4 is 0 Å². The Balaban J connectivity index is 1.86. The molecule has 0 saturated carbocycles. The third-order valence-corrected chi connectivity index (χ3v) is 4.96. The summed E-state index contributed by atoms with van der Waals surface area (Å²) in [6, 6.07) is 15.3. The van der Waals surface area contributed by atoms with Gasteiger partial charge < -0.3 is 4.42 Å². The first-order valence-electron chi connectivity index (χ1n) is 6.53. The molecule has 1 aromatic heterocycles. The maximum atomic E-state index is 12.3. The minimum Gasteiger partial charge on any atom is -0.444 e. The molecule has 0 aliphatic heterocycles. The number of benzene rings is 2. The molecule has 0 unspecified atom stereocenters. The van der Waals surface area contributed by atoms with Crippen molar-refractivity contribution in [1.29, 1.82) is 0 Å². The Morgan fingerprint density at radius 2 is 1.82 bits per heavy atom. The minimum atomic E-state index is -3.44. The average Bonchev–Trinajstić information content (AvgIpc) is 2.96. The lowest BCUT2D eigenvalue weighted by molar-refractivity contribution is 0.572. The van der Waals surface area contributed by atoms with E-state index in [2.05, 4.69) is 4.98 Å². The van der Waals surface area contributed by atoms with E-state index < -0.39 is 9.84 Å². The topological polar surface area (TPSA) is 60.2 Å². The van der Waals surface area contributed by atoms with Gasteiger partial charge >= 0.3 is 0 Å². The number of nitrogens with zero attached hydrogens (tertiary/aromatic N) is 1. The molecule has 2 aromatic carbocycles. The van der Waals surface area contributed by atoms with E-state index in [1.807, 2.05) is 0 Å². The van der Waals surface area contributed by atoms with E-state index in [4.69, 9.17) is 16.0 Å². The molecule has 0 radical (unpaired) electrons. The second-order valence-electron chi connectivity index (χ2n) is 4.73. The van der Waals surface area contributed by atoms with Crippen LogP contribution in [0.4, 0.5) is 0 Å². The first-order chi connectivity index (χ1) is 10.5. The van der Waals surface area contributed by atoms with Crippen LogP contribution in [0, 0.1) is 0 Å². The molecule has 0 aliphatic rings. The lowest BCUT2D eigenvalue weighted by Crippen LogP contribution is -2.05. The average molecular weight is 334 g/mol. The number of sulfone groups is 1. The molecule has 22 heavy (non-hydrogen) atoms. The van der Waals surface area contributed by atoms with E-state index in [-0.39, 0.29) is 10.6 Å². The van der Waals surface area contributed by atoms with E-state index >= 15 is 0 Å². The molecule has 0 N–H and O–H groups in total. The van der Waals surface area contributed by atoms with Gasteiger partial charge in [0.25, 0.3) is 0 Å². The summed E-state index contributed by atoms with van der Waals surface area (Å²) in [5.74, 6) is 0.141. The monoisotopic (exact) mass is 333 g/mol. The van der Waals surface area contributed by atoms with Crippen molar-refractivity contribution >= 4 is 21.4 Å². The van der Waals surface area contributed by atoms with Gasteiger partial charge in [-0.3, -0.25) is 0 Å². The summed E-state index contributed by atoms with van der Waals surface area (Å²) in [6.45, 7) is 0. The van der Waals surface area contributed by atoms with Crippen LogP contribution in [0.2, 0.25) is 5.02 Å². The van der Waals surface area contributed by atoms with Gasteiger partial charge in [0.05, 0.1) is 10.6 Å². The van der Waals surface area contributed by atoms with Gasteiger partial charge in [0, 0.05) is 10.6 Å². The summed E-state index contributed by atoms with van der Waals surface area (Å²) < 4.78 is 30.0. The van der Waals surface area contributed by atoms with E-state index in [9.17, 15) is 8.42 Å². The highest BCUT2D eigenvalue weighted by atomic mass is 35.5. The van der Waals surface area contributed by atoms with Crippen molar-refractivity contribution in [2.45, 2.75) is 10.6 Å². The largest absolute Gasteiger partial charge is 0.444 e. The number of aromatic nitrogens is 1. The van der Waals surface area contributed by atoms with Gasteiger partial charge in [-0.15, -0.1) is 0 Å². The molecular weight excluding hydrogens is 322 g/mol. The molecule has 112 valence electrons. The van der Waals surface area contributed by atoms with Crippen LogP contribution >= 0.6 is 11.6 Å². The second-order valence-corrected chi connectivity index (χ2v) is 7.15. The lowest BCUT2D eigenvalue weighted by Gasteiger charge is -2.01. The van der Waals surface area contributed by atoms with Crippen molar-refractivity contribution in [1.82, 2.24) is 4.98 Å². The van der Waals surface area contributed by atoms with E-state index in [0.717, 1.165) is 0 Å². The first-order valence-corrected chi connectivity index (χ1v) is 8.56. The molecule has 0 amide bonds. The maximum Gasteiger partial charge on any atom is 0.226 e. The molecule has 0 spiro atoms. The predicted molar refractivity (Wildman–Crippen MR) is 84.3 cm³/mol. The van der Waals surface area contributed by atoms with Crippen molar-refractivity contribution in [2.24, 2.45) is 0 Å². The normalized spacial score (nSPS) is 11.5. The Morgan fingerprint density at radius 3 is 2.55 bits per heavy atom. The third-order valence-electron chi connectivity index (χ3n) is 3.06. The molecule has 6 heteroatoms. The molecule has 0 atom stereocenters. The van der Waals surface area contributed by atoms with Crippen LogP contribution in [0.15, 0.2) is 70.2 Å². The summed E-state index contributed by atoms with van der Waals surface area (Å²) in [4.78, 5) is 4.49. The van der Waals surface area contributed by atoms with Gasteiger partial charge in [-0.2, -0.15) is 0 Å². The van der Waals surface area contributed by atoms with E-state index in [0.29, 0.717) is 22.2 Å². The smallest absolute Gasteiger partial charge is 0.226 e. The zero-order chi connectivity index (χ0) is 15.6. The van der Waals surface area contributed by atoms with Crippen LogP contribution in [-0.4, -0.2) is 13.4 Å². The van der Waals surface area contributed by atoms with Crippen molar-refractivity contribution in [3.05, 3.63) is 71.6 Å². The zero-order valence-electron chi connectivity index (χ0n) is 11.4. The number of halogens is 1. The fraction of sp³-hybridized carbons (Fsp3) is 0.0625. The maximum absolute atomic E-state index is 12.3. The summed E-state index contributed by atoms with van der Waals surface area (Å²) in [7, 11) is -3.44. The summed E-state index contributed by atoms with van der Waals surface area (Å²) in [5.41, 5.74) is 1.06. The van der Waals surface area contributed by atoms with Crippen molar-refractivity contribution in [3.8, 4) is 11.5 Å². The van der Waals surface area contributed by atoms with Crippen LogP contribution in [0.5, 0.6) is 0 Å². The highest BCUT2D eigenvalue weighted by molar-refractivity contribution is 7.90. The Labute approximate surface area is 133 Å². The first kappa shape index (κ1) is 14.8. The zero-order valence-corrected chi connectivity index (χ0v) is 13.0. The Morgan fingerprint density at radius 1 is 1.05 bits per heavy atom. The summed E-state index contributed by atoms with van der Waals surface area (Å²) in [6.07, 6.45) is 1.36. The molecule has 4 nitrogen and oxygen atoms in total. The fourth-order valence-corrected chi connectivity index (χ4v) is 3.48. The van der Waals surface area contributed by atoms with Gasteiger partial charge in [-0.25, -0.2) is 13.4 Å². The van der Waals surface area contributed by atoms with E-state index in [1.165, 1.54) is 6.26 Å². The molecule has 0 bridgehead atoms. The van der Waals surface area contributed by atoms with Gasteiger partial charge in [-0.05, 0) is 30.3 Å². The second kappa shape index (κ2) is 5.94. The number of oxazole rings is 1. The SMILES string of the molecule is O=S(=O)(Cc1coc(-c2cccc(Cl)c2)n1)c1ccccc1. The van der Waals surface area contributed by atoms with Crippen molar-refractivity contribution < 1.29 is 12.8 Å². The standard InChI is InChI=1S/C16H12ClNO3S/c17-13-6-4-5-12(9-13)16-18-14(10-21-16)11-22(19,20)15-7-2-1-3-8-15/h1-10H,11H2. The fourth-order valence-electron chi connectivity index (χ4n) is 2.03. The molecule has 0 aliphatic carbocycles. The number of hydrogen-bond donors (Lipinski definition) is 0. The highest BCUT2D eigenvalue weighted by Gasteiger charge is 2.18. The predicted octanol–water partition coefficient (Wildman–Crippen LogP) is 3.97. The molecule has 1 heterocycles. The molecular formula is C16H12ClNO3S. The molecule has 0 saturated heterocycles. The van der Waals surface area contributed by atoms with Gasteiger partial charge in [0.15, 0.2) is 9.84 Å². The quantitative estimate of drug-likeness (QED) is 0.724. The van der Waals surface area contributed by atoms with Crippen LogP contribution in [0.1, 0.15) is 5.69 Å². The molecule has 3 aromatic rings. The third kappa shape index (κ3) is 3.21. The van der Waals surface area contributed by atoms with E-state index in [1.54, 1.807) is 54.6 Å². The van der Waals surface area contributed by atoms with Crippen molar-refractivity contribution in [2.75, 3.05) is 0 Å². The Bertz CT molecular complexity index is 889. The number of rotatable bonds is 4. The van der Waals surface area contributed by atoms with Crippen LogP contribution in [0.25, 0.3) is 11.5 Å². The summed E-state index contributed by atoms with van der Waals surface area (Å²) >= 11 is 5.92.